The van der Waals surface area contributed by atoms with E-state index in [0.717, 1.165) is 30.6 Å². The van der Waals surface area contributed by atoms with Gasteiger partial charge in [0.2, 0.25) is 11.8 Å². The highest BCUT2D eigenvalue weighted by Crippen LogP contribution is 2.46. The van der Waals surface area contributed by atoms with Crippen LogP contribution in [0.3, 0.4) is 0 Å². The smallest absolute Gasteiger partial charge is 0.235 e. The SMILES string of the molecule is COc1ccc(CNC(=O)C2(C(=O)NCCC3=CCCCC3)CC2)cc1. The molecule has 5 nitrogen and oxygen atoms in total. The van der Waals surface area contributed by atoms with Gasteiger partial charge >= 0.3 is 0 Å². The van der Waals surface area contributed by atoms with Gasteiger partial charge in [-0.05, 0) is 62.6 Å². The highest BCUT2D eigenvalue weighted by Gasteiger charge is 2.56. The average molecular weight is 356 g/mol. The summed E-state index contributed by atoms with van der Waals surface area (Å²) in [7, 11) is 1.62. The summed E-state index contributed by atoms with van der Waals surface area (Å²) < 4.78 is 5.13. The first-order valence-corrected chi connectivity index (χ1v) is 9.51. The van der Waals surface area contributed by atoms with Crippen molar-refractivity contribution in [3.63, 3.8) is 0 Å². The zero-order chi connectivity index (χ0) is 18.4. The molecule has 2 N–H and O–H groups in total. The van der Waals surface area contributed by atoms with E-state index < -0.39 is 5.41 Å². The first-order valence-electron chi connectivity index (χ1n) is 9.51. The Labute approximate surface area is 155 Å². The number of carbonyl (C=O) groups excluding carboxylic acids is 2. The van der Waals surface area contributed by atoms with Crippen LogP contribution in [0, 0.1) is 5.41 Å². The van der Waals surface area contributed by atoms with Gasteiger partial charge < -0.3 is 15.4 Å². The number of nitrogens with one attached hydrogen (secondary N) is 2. The Morgan fingerprint density at radius 2 is 1.81 bits per heavy atom. The van der Waals surface area contributed by atoms with Gasteiger partial charge in [0.1, 0.15) is 11.2 Å². The van der Waals surface area contributed by atoms with Gasteiger partial charge in [0.25, 0.3) is 0 Å². The van der Waals surface area contributed by atoms with Crippen LogP contribution in [0.25, 0.3) is 0 Å². The molecule has 1 aromatic rings. The van der Waals surface area contributed by atoms with Gasteiger partial charge in [-0.1, -0.05) is 23.8 Å². The molecule has 0 bridgehead atoms. The van der Waals surface area contributed by atoms with Crippen molar-refractivity contribution < 1.29 is 14.3 Å². The molecule has 140 valence electrons. The van der Waals surface area contributed by atoms with Gasteiger partial charge in [0, 0.05) is 13.1 Å². The van der Waals surface area contributed by atoms with Crippen LogP contribution in [-0.2, 0) is 16.1 Å². The highest BCUT2D eigenvalue weighted by atomic mass is 16.5. The molecule has 0 aromatic heterocycles. The lowest BCUT2D eigenvalue weighted by atomic mass is 9.97. The van der Waals surface area contributed by atoms with Crippen LogP contribution in [0.5, 0.6) is 5.75 Å². The number of amides is 2. The lowest BCUT2D eigenvalue weighted by Gasteiger charge is -2.17. The predicted octanol–water partition coefficient (Wildman–Crippen LogP) is 3.10. The third-order valence-corrected chi connectivity index (χ3v) is 5.35. The topological polar surface area (TPSA) is 67.4 Å². The summed E-state index contributed by atoms with van der Waals surface area (Å²) in [5.41, 5.74) is 1.57. The monoisotopic (exact) mass is 356 g/mol. The molecule has 5 heteroatoms. The van der Waals surface area contributed by atoms with Crippen LogP contribution in [0.15, 0.2) is 35.9 Å². The van der Waals surface area contributed by atoms with E-state index in [4.69, 9.17) is 4.74 Å². The molecule has 2 aliphatic carbocycles. The summed E-state index contributed by atoms with van der Waals surface area (Å²) in [6.07, 6.45) is 9.28. The second-order valence-electron chi connectivity index (χ2n) is 7.23. The second-order valence-corrected chi connectivity index (χ2v) is 7.23. The average Bonchev–Trinajstić information content (AvgIpc) is 3.49. The van der Waals surface area contributed by atoms with Crippen molar-refractivity contribution in [2.24, 2.45) is 5.41 Å². The number of allylic oxidation sites excluding steroid dienone is 1. The van der Waals surface area contributed by atoms with Gasteiger partial charge in [-0.3, -0.25) is 9.59 Å². The Hall–Kier alpha value is -2.30. The molecule has 1 aromatic carbocycles. The summed E-state index contributed by atoms with van der Waals surface area (Å²) in [5.74, 6) is 0.495. The van der Waals surface area contributed by atoms with Gasteiger partial charge in [0.15, 0.2) is 0 Å². The maximum atomic E-state index is 12.5. The Morgan fingerprint density at radius 1 is 1.08 bits per heavy atom. The highest BCUT2D eigenvalue weighted by molar-refractivity contribution is 6.07. The van der Waals surface area contributed by atoms with Crippen LogP contribution in [0.2, 0.25) is 0 Å². The molecule has 3 rings (SSSR count). The minimum absolute atomic E-state index is 0.124. The summed E-state index contributed by atoms with van der Waals surface area (Å²) in [5, 5.41) is 5.88. The molecule has 1 fully saturated rings. The Bertz CT molecular complexity index is 675. The molecule has 26 heavy (non-hydrogen) atoms. The number of hydrogen-bond donors (Lipinski definition) is 2. The van der Waals surface area contributed by atoms with Crippen molar-refractivity contribution in [2.45, 2.75) is 51.5 Å². The van der Waals surface area contributed by atoms with Crippen LogP contribution < -0.4 is 15.4 Å². The molecule has 1 saturated carbocycles. The summed E-state index contributed by atoms with van der Waals surface area (Å²) in [6.45, 7) is 1.04. The second kappa shape index (κ2) is 8.39. The number of ether oxygens (including phenoxy) is 1. The standard InChI is InChI=1S/C21H28N2O3/c1-26-18-9-7-17(8-10-18)15-23-20(25)21(12-13-21)19(24)22-14-11-16-5-3-2-4-6-16/h5,7-10H,2-4,6,11-15H2,1H3,(H,22,24)(H,23,25). The molecule has 0 unspecified atom stereocenters. The van der Waals surface area contributed by atoms with E-state index in [-0.39, 0.29) is 11.8 Å². The van der Waals surface area contributed by atoms with E-state index in [9.17, 15) is 9.59 Å². The maximum absolute atomic E-state index is 12.5. The minimum atomic E-state index is -0.854. The molecule has 0 heterocycles. The lowest BCUT2D eigenvalue weighted by Crippen LogP contribution is -2.43. The van der Waals surface area contributed by atoms with E-state index in [1.165, 1.54) is 18.4 Å². The molecule has 0 spiro atoms. The van der Waals surface area contributed by atoms with Crippen molar-refractivity contribution >= 4 is 11.8 Å². The largest absolute Gasteiger partial charge is 0.497 e. The number of hydrogen-bond acceptors (Lipinski definition) is 3. The number of carbonyl (C=O) groups is 2. The van der Waals surface area contributed by atoms with Crippen LogP contribution in [-0.4, -0.2) is 25.5 Å². The fraction of sp³-hybridized carbons (Fsp3) is 0.524. The van der Waals surface area contributed by atoms with Gasteiger partial charge in [0.05, 0.1) is 7.11 Å². The van der Waals surface area contributed by atoms with Crippen molar-refractivity contribution in [3.05, 3.63) is 41.5 Å². The zero-order valence-electron chi connectivity index (χ0n) is 15.5. The molecule has 0 radical (unpaired) electrons. The van der Waals surface area contributed by atoms with Crippen LogP contribution in [0.1, 0.15) is 50.5 Å². The molecular weight excluding hydrogens is 328 g/mol. The number of methoxy groups -OCH3 is 1. The molecule has 2 amide bonds. The fourth-order valence-electron chi connectivity index (χ4n) is 3.41. The molecule has 0 saturated heterocycles. The maximum Gasteiger partial charge on any atom is 0.235 e. The van der Waals surface area contributed by atoms with E-state index in [1.54, 1.807) is 7.11 Å². The Kier molecular flexibility index (Phi) is 5.96. The normalized spacial score (nSPS) is 17.8. The molecule has 0 aliphatic heterocycles. The third kappa shape index (κ3) is 4.45. The zero-order valence-corrected chi connectivity index (χ0v) is 15.5. The summed E-state index contributed by atoms with van der Waals surface area (Å²) >= 11 is 0. The van der Waals surface area contributed by atoms with Gasteiger partial charge in [-0.2, -0.15) is 0 Å². The van der Waals surface area contributed by atoms with Gasteiger partial charge in [-0.15, -0.1) is 0 Å². The third-order valence-electron chi connectivity index (χ3n) is 5.35. The Balaban J connectivity index is 1.45. The van der Waals surface area contributed by atoms with E-state index in [2.05, 4.69) is 16.7 Å². The fourth-order valence-corrected chi connectivity index (χ4v) is 3.41. The van der Waals surface area contributed by atoms with E-state index in [1.807, 2.05) is 24.3 Å². The van der Waals surface area contributed by atoms with Crippen LogP contribution >= 0.6 is 0 Å². The number of benzene rings is 1. The van der Waals surface area contributed by atoms with E-state index >= 15 is 0 Å². The summed E-state index contributed by atoms with van der Waals surface area (Å²) in [4.78, 5) is 25.0. The van der Waals surface area contributed by atoms with Crippen molar-refractivity contribution in [3.8, 4) is 5.75 Å². The minimum Gasteiger partial charge on any atom is -0.497 e. The van der Waals surface area contributed by atoms with Crippen LogP contribution in [0.4, 0.5) is 0 Å². The molecular formula is C21H28N2O3. The van der Waals surface area contributed by atoms with Crippen molar-refractivity contribution in [1.29, 1.82) is 0 Å². The first kappa shape index (κ1) is 18.5. The van der Waals surface area contributed by atoms with Gasteiger partial charge in [-0.25, -0.2) is 0 Å². The van der Waals surface area contributed by atoms with Crippen molar-refractivity contribution in [2.75, 3.05) is 13.7 Å². The first-order chi connectivity index (χ1) is 12.6. The predicted molar refractivity (Wildman–Crippen MR) is 101 cm³/mol. The summed E-state index contributed by atoms with van der Waals surface area (Å²) in [6, 6.07) is 7.55. The quantitative estimate of drug-likeness (QED) is 0.556. The van der Waals surface area contributed by atoms with Crippen molar-refractivity contribution in [1.82, 2.24) is 10.6 Å². The van der Waals surface area contributed by atoms with E-state index in [0.29, 0.717) is 25.9 Å². The molecule has 0 atom stereocenters. The number of rotatable bonds is 8. The molecule has 2 aliphatic rings. The lowest BCUT2D eigenvalue weighted by molar-refractivity contribution is -0.137. The Morgan fingerprint density at radius 3 is 2.42 bits per heavy atom.